The zero-order chi connectivity index (χ0) is 11.5. The molecule has 2 saturated heterocycles. The molecule has 1 N–H and O–H groups in total. The minimum Gasteiger partial charge on any atom is -0.353 e. The van der Waals surface area contributed by atoms with Crippen LogP contribution in [0.1, 0.15) is 38.5 Å². The van der Waals surface area contributed by atoms with E-state index in [1.807, 2.05) is 0 Å². The fourth-order valence-corrected chi connectivity index (χ4v) is 3.29. The van der Waals surface area contributed by atoms with E-state index in [-0.39, 0.29) is 5.91 Å². The summed E-state index contributed by atoms with van der Waals surface area (Å²) in [5.41, 5.74) is 0. The SMILES string of the molecule is CN1C2CCCC1CC(NC(=O)CCCl)C2. The molecule has 2 fully saturated rings. The van der Waals surface area contributed by atoms with Crippen LogP contribution in [0.4, 0.5) is 0 Å². The van der Waals surface area contributed by atoms with Crippen LogP contribution in [0.15, 0.2) is 0 Å². The number of carbonyl (C=O) groups excluding carboxylic acids is 1. The summed E-state index contributed by atoms with van der Waals surface area (Å²) in [5.74, 6) is 0.535. The molecule has 1 amide bonds. The lowest BCUT2D eigenvalue weighted by atomic mass is 9.82. The molecule has 0 spiro atoms. The fourth-order valence-electron chi connectivity index (χ4n) is 3.12. The summed E-state index contributed by atoms with van der Waals surface area (Å²) in [6.07, 6.45) is 6.59. The van der Waals surface area contributed by atoms with Crippen LogP contribution in [0.2, 0.25) is 0 Å². The minimum absolute atomic E-state index is 0.114. The number of nitrogens with one attached hydrogen (secondary N) is 1. The first-order valence-corrected chi connectivity index (χ1v) is 6.81. The lowest BCUT2D eigenvalue weighted by Gasteiger charge is -2.47. The van der Waals surface area contributed by atoms with Crippen LogP contribution in [0.5, 0.6) is 0 Å². The normalized spacial score (nSPS) is 34.8. The van der Waals surface area contributed by atoms with E-state index in [0.29, 0.717) is 30.4 Å². The van der Waals surface area contributed by atoms with Gasteiger partial charge in [0.2, 0.25) is 5.91 Å². The molecular weight excluding hydrogens is 224 g/mol. The zero-order valence-corrected chi connectivity index (χ0v) is 10.7. The fraction of sp³-hybridized carbons (Fsp3) is 0.917. The highest BCUT2D eigenvalue weighted by atomic mass is 35.5. The maximum absolute atomic E-state index is 11.5. The minimum atomic E-state index is 0.114. The topological polar surface area (TPSA) is 32.3 Å². The van der Waals surface area contributed by atoms with Crippen LogP contribution < -0.4 is 5.32 Å². The number of halogens is 1. The van der Waals surface area contributed by atoms with Gasteiger partial charge in [0.1, 0.15) is 0 Å². The second-order valence-corrected chi connectivity index (χ2v) is 5.46. The van der Waals surface area contributed by atoms with E-state index in [9.17, 15) is 4.79 Å². The predicted molar refractivity (Wildman–Crippen MR) is 65.7 cm³/mol. The van der Waals surface area contributed by atoms with Crippen molar-refractivity contribution in [3.8, 4) is 0 Å². The maximum Gasteiger partial charge on any atom is 0.221 e. The number of hydrogen-bond donors (Lipinski definition) is 1. The molecule has 2 atom stereocenters. The van der Waals surface area contributed by atoms with Crippen molar-refractivity contribution >= 4 is 17.5 Å². The highest BCUT2D eigenvalue weighted by Gasteiger charge is 2.36. The monoisotopic (exact) mass is 244 g/mol. The van der Waals surface area contributed by atoms with Crippen molar-refractivity contribution < 1.29 is 4.79 Å². The van der Waals surface area contributed by atoms with Crippen molar-refractivity contribution in [2.75, 3.05) is 12.9 Å². The average Bonchev–Trinajstić information content (AvgIpc) is 2.20. The van der Waals surface area contributed by atoms with E-state index < -0.39 is 0 Å². The molecule has 2 aliphatic rings. The van der Waals surface area contributed by atoms with E-state index >= 15 is 0 Å². The smallest absolute Gasteiger partial charge is 0.221 e. The van der Waals surface area contributed by atoms with Gasteiger partial charge < -0.3 is 10.2 Å². The van der Waals surface area contributed by atoms with Gasteiger partial charge in [-0.05, 0) is 32.7 Å². The number of hydrogen-bond acceptors (Lipinski definition) is 2. The molecule has 2 heterocycles. The molecule has 0 aromatic carbocycles. The van der Waals surface area contributed by atoms with Gasteiger partial charge in [-0.1, -0.05) is 6.42 Å². The van der Waals surface area contributed by atoms with Gasteiger partial charge in [0, 0.05) is 30.4 Å². The third-order valence-corrected chi connectivity index (χ3v) is 4.22. The lowest BCUT2D eigenvalue weighted by molar-refractivity contribution is -0.122. The van der Waals surface area contributed by atoms with E-state index in [2.05, 4.69) is 17.3 Å². The van der Waals surface area contributed by atoms with Gasteiger partial charge in [0.05, 0.1) is 0 Å². The molecule has 2 aliphatic heterocycles. The molecule has 0 aromatic heterocycles. The Kier molecular flexibility index (Phi) is 4.09. The molecule has 92 valence electrons. The summed E-state index contributed by atoms with van der Waals surface area (Å²) >= 11 is 5.56. The Labute approximate surface area is 103 Å². The zero-order valence-electron chi connectivity index (χ0n) is 9.92. The van der Waals surface area contributed by atoms with Crippen LogP contribution >= 0.6 is 11.6 Å². The third kappa shape index (κ3) is 2.69. The first-order valence-electron chi connectivity index (χ1n) is 6.28. The summed E-state index contributed by atoms with van der Waals surface area (Å²) in [5, 5.41) is 3.12. The maximum atomic E-state index is 11.5. The van der Waals surface area contributed by atoms with Crippen LogP contribution in [-0.4, -0.2) is 41.9 Å². The van der Waals surface area contributed by atoms with Crippen LogP contribution in [0.3, 0.4) is 0 Å². The van der Waals surface area contributed by atoms with Crippen LogP contribution in [-0.2, 0) is 4.79 Å². The van der Waals surface area contributed by atoms with Gasteiger partial charge in [-0.25, -0.2) is 0 Å². The standard InChI is InChI=1S/C12H21ClN2O/c1-15-10-3-2-4-11(15)8-9(7-10)14-12(16)5-6-13/h9-11H,2-8H2,1H3,(H,14,16). The van der Waals surface area contributed by atoms with Crippen molar-refractivity contribution in [1.29, 1.82) is 0 Å². The molecule has 16 heavy (non-hydrogen) atoms. The van der Waals surface area contributed by atoms with Crippen LogP contribution in [0.25, 0.3) is 0 Å². The molecule has 4 heteroatoms. The third-order valence-electron chi connectivity index (χ3n) is 4.03. The summed E-state index contributed by atoms with van der Waals surface area (Å²) < 4.78 is 0. The van der Waals surface area contributed by atoms with Crippen molar-refractivity contribution in [2.45, 2.75) is 56.7 Å². The number of carbonyl (C=O) groups is 1. The molecule has 2 rings (SSSR count). The lowest BCUT2D eigenvalue weighted by Crippen LogP contribution is -2.55. The number of rotatable bonds is 3. The van der Waals surface area contributed by atoms with E-state index in [4.69, 9.17) is 11.6 Å². The van der Waals surface area contributed by atoms with Gasteiger partial charge >= 0.3 is 0 Å². The summed E-state index contributed by atoms with van der Waals surface area (Å²) in [7, 11) is 2.23. The van der Waals surface area contributed by atoms with Gasteiger partial charge in [-0.3, -0.25) is 4.79 Å². The quantitative estimate of drug-likeness (QED) is 0.768. The number of nitrogens with zero attached hydrogens (tertiary/aromatic N) is 1. The largest absolute Gasteiger partial charge is 0.353 e. The molecule has 0 radical (unpaired) electrons. The number of piperidine rings is 2. The molecule has 0 aromatic rings. The Morgan fingerprint density at radius 3 is 2.56 bits per heavy atom. The second kappa shape index (κ2) is 5.37. The number of amides is 1. The van der Waals surface area contributed by atoms with Crippen molar-refractivity contribution in [1.82, 2.24) is 10.2 Å². The number of alkyl halides is 1. The Bertz CT molecular complexity index is 245. The average molecular weight is 245 g/mol. The van der Waals surface area contributed by atoms with E-state index in [1.54, 1.807) is 0 Å². The summed E-state index contributed by atoms with van der Waals surface area (Å²) in [4.78, 5) is 14.0. The Morgan fingerprint density at radius 2 is 2.00 bits per heavy atom. The van der Waals surface area contributed by atoms with Gasteiger partial charge in [0.15, 0.2) is 0 Å². The Hall–Kier alpha value is -0.280. The van der Waals surface area contributed by atoms with E-state index in [0.717, 1.165) is 12.8 Å². The highest BCUT2D eigenvalue weighted by Crippen LogP contribution is 2.32. The molecule has 2 unspecified atom stereocenters. The Balaban J connectivity index is 1.87. The Morgan fingerprint density at radius 1 is 1.38 bits per heavy atom. The summed E-state index contributed by atoms with van der Waals surface area (Å²) in [6, 6.07) is 1.73. The van der Waals surface area contributed by atoms with Crippen molar-refractivity contribution in [2.24, 2.45) is 0 Å². The first kappa shape index (κ1) is 12.2. The van der Waals surface area contributed by atoms with Crippen molar-refractivity contribution in [3.05, 3.63) is 0 Å². The molecule has 0 saturated carbocycles. The molecular formula is C12H21ClN2O. The van der Waals surface area contributed by atoms with E-state index in [1.165, 1.54) is 19.3 Å². The van der Waals surface area contributed by atoms with Gasteiger partial charge in [0.25, 0.3) is 0 Å². The summed E-state index contributed by atoms with van der Waals surface area (Å²) in [6.45, 7) is 0. The predicted octanol–water partition coefficient (Wildman–Crippen LogP) is 1.75. The molecule has 0 aliphatic carbocycles. The first-order chi connectivity index (χ1) is 7.70. The van der Waals surface area contributed by atoms with Crippen molar-refractivity contribution in [3.63, 3.8) is 0 Å². The van der Waals surface area contributed by atoms with Crippen LogP contribution in [0, 0.1) is 0 Å². The molecule has 3 nitrogen and oxygen atoms in total. The molecule has 2 bridgehead atoms. The van der Waals surface area contributed by atoms with Gasteiger partial charge in [-0.15, -0.1) is 11.6 Å². The second-order valence-electron chi connectivity index (χ2n) is 5.08. The van der Waals surface area contributed by atoms with Gasteiger partial charge in [-0.2, -0.15) is 0 Å². The highest BCUT2D eigenvalue weighted by molar-refractivity contribution is 6.18. The number of fused-ring (bicyclic) bond motifs is 2.